The second kappa shape index (κ2) is 4.07. The molecule has 1 saturated carbocycles. The topological polar surface area (TPSA) is 50.9 Å². The summed E-state index contributed by atoms with van der Waals surface area (Å²) in [6, 6.07) is 8.22. The number of rotatable bonds is 2. The molecule has 1 aromatic carbocycles. The number of aromatic hydroxyl groups is 1. The summed E-state index contributed by atoms with van der Waals surface area (Å²) in [6.07, 6.45) is 5.92. The Hall–Kier alpha value is -2.36. The summed E-state index contributed by atoms with van der Waals surface area (Å²) in [7, 11) is 0. The Morgan fingerprint density at radius 2 is 2.10 bits per heavy atom. The van der Waals surface area contributed by atoms with E-state index in [1.165, 1.54) is 12.8 Å². The van der Waals surface area contributed by atoms with Crippen LogP contribution in [0.5, 0.6) is 5.75 Å². The minimum atomic E-state index is 0.287. The molecule has 1 fully saturated rings. The first-order valence-electron chi connectivity index (χ1n) is 6.86. The van der Waals surface area contributed by atoms with E-state index in [1.807, 2.05) is 25.1 Å². The van der Waals surface area contributed by atoms with Crippen molar-refractivity contribution in [3.05, 3.63) is 42.2 Å². The Labute approximate surface area is 116 Å². The van der Waals surface area contributed by atoms with Crippen LogP contribution in [0.2, 0.25) is 0 Å². The Morgan fingerprint density at radius 3 is 2.85 bits per heavy atom. The molecular formula is C16H15N3O. The van der Waals surface area contributed by atoms with Crippen LogP contribution < -0.4 is 0 Å². The number of pyridine rings is 1. The van der Waals surface area contributed by atoms with Gasteiger partial charge in [0, 0.05) is 12.2 Å². The number of nitrogens with zero attached hydrogens (tertiary/aromatic N) is 3. The van der Waals surface area contributed by atoms with Gasteiger partial charge in [-0.25, -0.2) is 4.98 Å². The lowest BCUT2D eigenvalue weighted by atomic mass is 10.1. The summed E-state index contributed by atoms with van der Waals surface area (Å²) in [6.45, 7) is 1.97. The first-order valence-corrected chi connectivity index (χ1v) is 6.86. The number of phenolic OH excluding ortho intramolecular Hbond substituents is 1. The van der Waals surface area contributed by atoms with E-state index in [0.29, 0.717) is 6.04 Å². The number of hydrogen-bond donors (Lipinski definition) is 1. The SMILES string of the molecule is Cc1ccc(-c2nc3cnccc3n2C2CC2)c(O)c1. The fourth-order valence-electron chi connectivity index (χ4n) is 2.67. The smallest absolute Gasteiger partial charge is 0.145 e. The van der Waals surface area contributed by atoms with Crippen molar-refractivity contribution in [1.82, 2.24) is 14.5 Å². The summed E-state index contributed by atoms with van der Waals surface area (Å²) in [5.41, 5.74) is 3.81. The maximum Gasteiger partial charge on any atom is 0.145 e. The largest absolute Gasteiger partial charge is 0.507 e. The molecule has 0 unspecified atom stereocenters. The van der Waals surface area contributed by atoms with E-state index in [-0.39, 0.29) is 5.75 Å². The molecule has 0 saturated heterocycles. The molecular weight excluding hydrogens is 250 g/mol. The van der Waals surface area contributed by atoms with Crippen LogP contribution in [0.4, 0.5) is 0 Å². The summed E-state index contributed by atoms with van der Waals surface area (Å²) >= 11 is 0. The Kier molecular flexibility index (Phi) is 2.33. The van der Waals surface area contributed by atoms with Crippen LogP contribution in [0.1, 0.15) is 24.4 Å². The van der Waals surface area contributed by atoms with Crippen LogP contribution >= 0.6 is 0 Å². The van der Waals surface area contributed by atoms with Gasteiger partial charge in [-0.1, -0.05) is 6.07 Å². The summed E-state index contributed by atoms with van der Waals surface area (Å²) < 4.78 is 2.24. The Balaban J connectivity index is 2.01. The van der Waals surface area contributed by atoms with Gasteiger partial charge in [0.05, 0.1) is 17.3 Å². The molecule has 0 bridgehead atoms. The molecule has 0 amide bonds. The molecule has 4 nitrogen and oxygen atoms in total. The molecule has 1 aliphatic rings. The molecule has 1 N–H and O–H groups in total. The van der Waals surface area contributed by atoms with E-state index in [2.05, 4.69) is 14.5 Å². The van der Waals surface area contributed by atoms with Crippen molar-refractivity contribution in [3.63, 3.8) is 0 Å². The highest BCUT2D eigenvalue weighted by molar-refractivity contribution is 5.81. The van der Waals surface area contributed by atoms with Crippen LogP contribution in [0.25, 0.3) is 22.4 Å². The molecule has 0 aliphatic heterocycles. The molecule has 3 aromatic rings. The zero-order valence-electron chi connectivity index (χ0n) is 11.2. The Morgan fingerprint density at radius 1 is 1.25 bits per heavy atom. The Bertz CT molecular complexity index is 803. The van der Waals surface area contributed by atoms with Gasteiger partial charge in [0.25, 0.3) is 0 Å². The van der Waals surface area contributed by atoms with Gasteiger partial charge in [0.2, 0.25) is 0 Å². The highest BCUT2D eigenvalue weighted by Crippen LogP contribution is 2.42. The number of phenols is 1. The maximum absolute atomic E-state index is 10.2. The van der Waals surface area contributed by atoms with E-state index in [9.17, 15) is 5.11 Å². The van der Waals surface area contributed by atoms with Crippen molar-refractivity contribution in [2.24, 2.45) is 0 Å². The third-order valence-corrected chi connectivity index (χ3v) is 3.80. The third-order valence-electron chi connectivity index (χ3n) is 3.80. The number of aryl methyl sites for hydroxylation is 1. The maximum atomic E-state index is 10.2. The molecule has 0 radical (unpaired) electrons. The lowest BCUT2D eigenvalue weighted by Gasteiger charge is -2.09. The van der Waals surface area contributed by atoms with Crippen LogP contribution in [0.15, 0.2) is 36.7 Å². The normalized spacial score (nSPS) is 14.8. The van der Waals surface area contributed by atoms with E-state index in [4.69, 9.17) is 0 Å². The molecule has 0 atom stereocenters. The molecule has 4 rings (SSSR count). The minimum Gasteiger partial charge on any atom is -0.507 e. The fourth-order valence-corrected chi connectivity index (χ4v) is 2.67. The summed E-state index contributed by atoms with van der Waals surface area (Å²) in [5.74, 6) is 1.13. The number of benzene rings is 1. The molecule has 2 heterocycles. The molecule has 4 heteroatoms. The molecule has 1 aliphatic carbocycles. The number of hydrogen-bond acceptors (Lipinski definition) is 3. The lowest BCUT2D eigenvalue weighted by molar-refractivity contribution is 0.476. The van der Waals surface area contributed by atoms with E-state index < -0.39 is 0 Å². The first-order chi connectivity index (χ1) is 9.74. The van der Waals surface area contributed by atoms with Crippen molar-refractivity contribution in [1.29, 1.82) is 0 Å². The molecule has 0 spiro atoms. The quantitative estimate of drug-likeness (QED) is 0.772. The second-order valence-electron chi connectivity index (χ2n) is 5.42. The number of aromatic nitrogens is 3. The van der Waals surface area contributed by atoms with Crippen LogP contribution in [-0.4, -0.2) is 19.6 Å². The van der Waals surface area contributed by atoms with Crippen LogP contribution in [-0.2, 0) is 0 Å². The van der Waals surface area contributed by atoms with Gasteiger partial charge < -0.3 is 9.67 Å². The average molecular weight is 265 g/mol. The highest BCUT2D eigenvalue weighted by Gasteiger charge is 2.29. The van der Waals surface area contributed by atoms with Gasteiger partial charge in [-0.15, -0.1) is 0 Å². The first kappa shape index (κ1) is 11.5. The van der Waals surface area contributed by atoms with E-state index in [0.717, 1.165) is 28.0 Å². The lowest BCUT2D eigenvalue weighted by Crippen LogP contribution is -1.97. The van der Waals surface area contributed by atoms with Gasteiger partial charge >= 0.3 is 0 Å². The predicted octanol–water partition coefficient (Wildman–Crippen LogP) is 3.45. The van der Waals surface area contributed by atoms with Gasteiger partial charge in [-0.3, -0.25) is 4.98 Å². The summed E-state index contributed by atoms with van der Waals surface area (Å²) in [4.78, 5) is 8.81. The zero-order valence-corrected chi connectivity index (χ0v) is 11.2. The van der Waals surface area contributed by atoms with Crippen molar-refractivity contribution >= 4 is 11.0 Å². The van der Waals surface area contributed by atoms with Crippen molar-refractivity contribution in [3.8, 4) is 17.1 Å². The minimum absolute atomic E-state index is 0.287. The number of fused-ring (bicyclic) bond motifs is 1. The van der Waals surface area contributed by atoms with Gasteiger partial charge in [0.1, 0.15) is 17.1 Å². The summed E-state index contributed by atoms with van der Waals surface area (Å²) in [5, 5.41) is 10.2. The molecule has 20 heavy (non-hydrogen) atoms. The van der Waals surface area contributed by atoms with Crippen LogP contribution in [0.3, 0.4) is 0 Å². The van der Waals surface area contributed by atoms with Gasteiger partial charge in [0.15, 0.2) is 0 Å². The van der Waals surface area contributed by atoms with Crippen LogP contribution in [0, 0.1) is 6.92 Å². The van der Waals surface area contributed by atoms with Gasteiger partial charge in [-0.2, -0.15) is 0 Å². The zero-order chi connectivity index (χ0) is 13.7. The monoisotopic (exact) mass is 265 g/mol. The standard InChI is InChI=1S/C16H15N3O/c1-10-2-5-12(15(20)8-10)16-18-13-9-17-7-6-14(13)19(16)11-3-4-11/h2,5-9,11,20H,3-4H2,1H3. The molecule has 100 valence electrons. The average Bonchev–Trinajstić information content (AvgIpc) is 3.19. The fraction of sp³-hybridized carbons (Fsp3) is 0.250. The van der Waals surface area contributed by atoms with Crippen molar-refractivity contribution in [2.75, 3.05) is 0 Å². The van der Waals surface area contributed by atoms with Crippen molar-refractivity contribution in [2.45, 2.75) is 25.8 Å². The van der Waals surface area contributed by atoms with E-state index in [1.54, 1.807) is 18.5 Å². The molecule has 2 aromatic heterocycles. The van der Waals surface area contributed by atoms with E-state index >= 15 is 0 Å². The van der Waals surface area contributed by atoms with Gasteiger partial charge in [-0.05, 0) is 43.5 Å². The third kappa shape index (κ3) is 1.68. The highest BCUT2D eigenvalue weighted by atomic mass is 16.3. The van der Waals surface area contributed by atoms with Crippen molar-refractivity contribution < 1.29 is 5.11 Å². The number of imidazole rings is 1. The predicted molar refractivity (Wildman–Crippen MR) is 77.6 cm³/mol. The second-order valence-corrected chi connectivity index (χ2v) is 5.42.